The van der Waals surface area contributed by atoms with E-state index >= 15 is 4.39 Å². The Kier molecular flexibility index (Phi) is 7.47. The van der Waals surface area contributed by atoms with Gasteiger partial charge in [0.25, 0.3) is 0 Å². The number of methoxy groups -OCH3 is 2. The molecule has 0 bridgehead atoms. The molecule has 0 saturated heterocycles. The molecule has 0 spiro atoms. The van der Waals surface area contributed by atoms with Crippen LogP contribution in [-0.4, -0.2) is 20.2 Å². The maximum Gasteiger partial charge on any atom is 0.306 e. The number of hydrogen-bond acceptors (Lipinski definition) is 4. The predicted molar refractivity (Wildman–Crippen MR) is 147 cm³/mol. The van der Waals surface area contributed by atoms with E-state index in [1.165, 1.54) is 36.3 Å². The molecule has 0 amide bonds. The van der Waals surface area contributed by atoms with E-state index in [1.807, 2.05) is 18.2 Å². The SMILES string of the molecule is COC(=O)CC1CCc2ccc(OCc3ccc(-c4cc(OC)ccc4F)c(C4CCCC4(C)C)c3)cc21. The minimum Gasteiger partial charge on any atom is -0.497 e. The first-order valence-electron chi connectivity index (χ1n) is 13.6. The number of aryl methyl sites for hydroxylation is 1. The second kappa shape index (κ2) is 10.8. The van der Waals surface area contributed by atoms with Crippen molar-refractivity contribution in [3.8, 4) is 22.6 Å². The second-order valence-corrected chi connectivity index (χ2v) is 11.4. The first-order valence-corrected chi connectivity index (χ1v) is 13.6. The van der Waals surface area contributed by atoms with E-state index in [2.05, 4.69) is 32.0 Å². The summed E-state index contributed by atoms with van der Waals surface area (Å²) < 4.78 is 31.6. The van der Waals surface area contributed by atoms with Crippen LogP contribution in [0.25, 0.3) is 11.1 Å². The third kappa shape index (κ3) is 5.29. The van der Waals surface area contributed by atoms with E-state index < -0.39 is 0 Å². The molecule has 3 aromatic carbocycles. The van der Waals surface area contributed by atoms with Crippen LogP contribution >= 0.6 is 0 Å². The van der Waals surface area contributed by atoms with Gasteiger partial charge in [-0.05, 0) is 101 Å². The highest BCUT2D eigenvalue weighted by Gasteiger charge is 2.37. The number of hydrogen-bond donors (Lipinski definition) is 0. The van der Waals surface area contributed by atoms with Crippen molar-refractivity contribution < 1.29 is 23.4 Å². The topological polar surface area (TPSA) is 44.8 Å². The Hall–Kier alpha value is -3.34. The zero-order valence-electron chi connectivity index (χ0n) is 22.8. The van der Waals surface area contributed by atoms with Gasteiger partial charge in [-0.1, -0.05) is 44.5 Å². The molecule has 1 fully saturated rings. The number of esters is 1. The van der Waals surface area contributed by atoms with E-state index in [0.29, 0.717) is 30.3 Å². The molecular formula is C33H37FO4. The lowest BCUT2D eigenvalue weighted by Crippen LogP contribution is -2.17. The van der Waals surface area contributed by atoms with Crippen molar-refractivity contribution in [2.45, 2.75) is 70.8 Å². The Morgan fingerprint density at radius 3 is 2.50 bits per heavy atom. The minimum absolute atomic E-state index is 0.137. The van der Waals surface area contributed by atoms with Gasteiger partial charge >= 0.3 is 5.97 Å². The molecule has 200 valence electrons. The van der Waals surface area contributed by atoms with Crippen LogP contribution in [0.15, 0.2) is 54.6 Å². The normalized spacial score (nSPS) is 19.7. The van der Waals surface area contributed by atoms with Gasteiger partial charge in [-0.15, -0.1) is 0 Å². The van der Waals surface area contributed by atoms with Gasteiger partial charge in [0.1, 0.15) is 23.9 Å². The van der Waals surface area contributed by atoms with Crippen molar-refractivity contribution >= 4 is 5.97 Å². The number of carbonyl (C=O) groups excluding carboxylic acids is 1. The van der Waals surface area contributed by atoms with Gasteiger partial charge in [0.2, 0.25) is 0 Å². The standard InChI is InChI=1S/C33H37FO4/c1-33(2)15-5-6-30(33)28-16-21(7-13-26(28)29-18-24(36-3)12-14-31(29)34)20-38-25-11-10-22-8-9-23(27(22)19-25)17-32(35)37-4/h7,10-14,16,18-19,23,30H,5-6,8-9,15,17,20H2,1-4H3. The van der Waals surface area contributed by atoms with Gasteiger partial charge in [-0.3, -0.25) is 4.79 Å². The lowest BCUT2D eigenvalue weighted by Gasteiger charge is -2.30. The number of carbonyl (C=O) groups is 1. The van der Waals surface area contributed by atoms with E-state index in [-0.39, 0.29) is 23.1 Å². The number of fused-ring (bicyclic) bond motifs is 1. The predicted octanol–water partition coefficient (Wildman–Crippen LogP) is 7.97. The Morgan fingerprint density at radius 1 is 0.947 bits per heavy atom. The second-order valence-electron chi connectivity index (χ2n) is 11.4. The molecule has 0 N–H and O–H groups in total. The van der Waals surface area contributed by atoms with Crippen LogP contribution in [0.2, 0.25) is 0 Å². The molecular weight excluding hydrogens is 479 g/mol. The molecule has 38 heavy (non-hydrogen) atoms. The Morgan fingerprint density at radius 2 is 1.76 bits per heavy atom. The molecule has 5 rings (SSSR count). The van der Waals surface area contributed by atoms with E-state index in [9.17, 15) is 4.79 Å². The van der Waals surface area contributed by atoms with Crippen molar-refractivity contribution in [3.05, 3.63) is 82.7 Å². The molecule has 0 aliphatic heterocycles. The quantitative estimate of drug-likeness (QED) is 0.285. The lowest BCUT2D eigenvalue weighted by molar-refractivity contribution is -0.141. The molecule has 5 heteroatoms. The molecule has 3 aromatic rings. The molecule has 2 aliphatic rings. The fraction of sp³-hybridized carbons (Fsp3) is 0.424. The third-order valence-corrected chi connectivity index (χ3v) is 8.58. The number of rotatable bonds is 8. The fourth-order valence-corrected chi connectivity index (χ4v) is 6.40. The van der Waals surface area contributed by atoms with Crippen LogP contribution in [0.4, 0.5) is 4.39 Å². The van der Waals surface area contributed by atoms with Crippen molar-refractivity contribution in [2.75, 3.05) is 14.2 Å². The smallest absolute Gasteiger partial charge is 0.306 e. The Balaban J connectivity index is 1.43. The fourth-order valence-electron chi connectivity index (χ4n) is 6.40. The summed E-state index contributed by atoms with van der Waals surface area (Å²) in [6.07, 6.45) is 5.73. The molecule has 2 atom stereocenters. The van der Waals surface area contributed by atoms with Crippen LogP contribution in [0.1, 0.15) is 80.0 Å². The zero-order chi connectivity index (χ0) is 26.9. The molecule has 4 nitrogen and oxygen atoms in total. The van der Waals surface area contributed by atoms with E-state index in [1.54, 1.807) is 19.2 Å². The Bertz CT molecular complexity index is 1330. The van der Waals surface area contributed by atoms with Crippen LogP contribution in [0, 0.1) is 11.2 Å². The summed E-state index contributed by atoms with van der Waals surface area (Å²) in [6.45, 7) is 5.05. The van der Waals surface area contributed by atoms with Gasteiger partial charge in [-0.2, -0.15) is 0 Å². The highest BCUT2D eigenvalue weighted by atomic mass is 19.1. The third-order valence-electron chi connectivity index (χ3n) is 8.58. The molecule has 0 radical (unpaired) electrons. The number of benzene rings is 3. The monoisotopic (exact) mass is 516 g/mol. The van der Waals surface area contributed by atoms with Crippen LogP contribution in [0.5, 0.6) is 11.5 Å². The summed E-state index contributed by atoms with van der Waals surface area (Å²) in [5.74, 6) is 1.53. The lowest BCUT2D eigenvalue weighted by atomic mass is 9.75. The highest BCUT2D eigenvalue weighted by molar-refractivity contribution is 5.71. The molecule has 2 aliphatic carbocycles. The van der Waals surface area contributed by atoms with Crippen molar-refractivity contribution in [1.29, 1.82) is 0 Å². The van der Waals surface area contributed by atoms with Crippen LogP contribution in [-0.2, 0) is 22.6 Å². The number of ether oxygens (including phenoxy) is 3. The van der Waals surface area contributed by atoms with Crippen molar-refractivity contribution in [3.63, 3.8) is 0 Å². The molecule has 2 unspecified atom stereocenters. The maximum atomic E-state index is 15.1. The molecule has 0 aromatic heterocycles. The minimum atomic E-state index is -0.244. The highest BCUT2D eigenvalue weighted by Crippen LogP contribution is 2.51. The molecule has 1 saturated carbocycles. The van der Waals surface area contributed by atoms with Gasteiger partial charge in [0.05, 0.1) is 20.6 Å². The summed E-state index contributed by atoms with van der Waals surface area (Å²) in [6, 6.07) is 17.4. The van der Waals surface area contributed by atoms with E-state index in [0.717, 1.165) is 42.6 Å². The number of halogens is 1. The van der Waals surface area contributed by atoms with Gasteiger partial charge in [0.15, 0.2) is 0 Å². The summed E-state index contributed by atoms with van der Waals surface area (Å²) >= 11 is 0. The summed E-state index contributed by atoms with van der Waals surface area (Å²) in [5, 5.41) is 0. The zero-order valence-corrected chi connectivity index (χ0v) is 22.8. The first kappa shape index (κ1) is 26.3. The van der Waals surface area contributed by atoms with E-state index in [4.69, 9.17) is 14.2 Å². The Labute approximate surface area is 225 Å². The average molecular weight is 517 g/mol. The van der Waals surface area contributed by atoms with Crippen molar-refractivity contribution in [2.24, 2.45) is 5.41 Å². The largest absolute Gasteiger partial charge is 0.497 e. The summed E-state index contributed by atoms with van der Waals surface area (Å²) in [5.41, 5.74) is 6.33. The maximum absolute atomic E-state index is 15.1. The van der Waals surface area contributed by atoms with Crippen LogP contribution < -0.4 is 9.47 Å². The molecule has 0 heterocycles. The van der Waals surface area contributed by atoms with Gasteiger partial charge in [-0.25, -0.2) is 4.39 Å². The average Bonchev–Trinajstić information content (AvgIpc) is 3.49. The summed E-state index contributed by atoms with van der Waals surface area (Å²) in [4.78, 5) is 11.9. The van der Waals surface area contributed by atoms with Gasteiger partial charge < -0.3 is 14.2 Å². The van der Waals surface area contributed by atoms with Crippen molar-refractivity contribution in [1.82, 2.24) is 0 Å². The first-order chi connectivity index (χ1) is 18.3. The van der Waals surface area contributed by atoms with Crippen LogP contribution in [0.3, 0.4) is 0 Å². The van der Waals surface area contributed by atoms with Gasteiger partial charge in [0, 0.05) is 5.56 Å². The summed E-state index contributed by atoms with van der Waals surface area (Å²) in [7, 11) is 3.04.